The van der Waals surface area contributed by atoms with Gasteiger partial charge in [-0.25, -0.2) is 0 Å². The molecule has 10 nitrogen and oxygen atoms in total. The maximum atomic E-state index is 12.9. The van der Waals surface area contributed by atoms with E-state index in [1.807, 2.05) is 0 Å². The van der Waals surface area contributed by atoms with Crippen molar-refractivity contribution in [2.24, 2.45) is 0 Å². The number of carbonyl (C=O) groups is 3. The number of anilines is 1. The van der Waals surface area contributed by atoms with Gasteiger partial charge in [-0.15, -0.1) is 0 Å². The number of amides is 3. The Morgan fingerprint density at radius 2 is 1.68 bits per heavy atom. The molecular weight excluding hydrogens is 464 g/mol. The minimum Gasteiger partial charge on any atom is -0.496 e. The Kier molecular flexibility index (Phi) is 6.82. The van der Waals surface area contributed by atoms with E-state index in [2.05, 4.69) is 5.32 Å². The Morgan fingerprint density at radius 1 is 1.00 bits per heavy atom. The first-order valence-corrected chi connectivity index (χ1v) is 11.0. The Balaban J connectivity index is 1.49. The van der Waals surface area contributed by atoms with Crippen LogP contribution in [0, 0.1) is 0 Å². The van der Waals surface area contributed by atoms with Crippen LogP contribution in [0.25, 0.3) is 6.08 Å². The van der Waals surface area contributed by atoms with Crippen molar-refractivity contribution in [2.75, 3.05) is 46.4 Å². The third-order valence-electron chi connectivity index (χ3n) is 5.02. The van der Waals surface area contributed by atoms with Gasteiger partial charge in [0.1, 0.15) is 25.5 Å². The lowest BCUT2D eigenvalue weighted by atomic mass is 10.1. The minimum absolute atomic E-state index is 0.155. The number of hydrogen-bond acceptors (Lipinski definition) is 9. The SMILES string of the molecule is COc1cc(OC)c(OC)cc1/C=C1/SC(=O)N(CC(=O)Nc2ccc3c(c2)OCCO3)C1=O. The number of rotatable bonds is 7. The Bertz CT molecular complexity index is 1180. The molecule has 0 spiro atoms. The number of imide groups is 1. The molecular formula is C23H22N2O8S. The minimum atomic E-state index is -0.579. The average molecular weight is 487 g/mol. The zero-order chi connectivity index (χ0) is 24.2. The zero-order valence-electron chi connectivity index (χ0n) is 18.7. The summed E-state index contributed by atoms with van der Waals surface area (Å²) in [5.74, 6) is 1.33. The van der Waals surface area contributed by atoms with E-state index in [1.54, 1.807) is 30.3 Å². The number of benzene rings is 2. The molecule has 2 aliphatic heterocycles. The molecule has 4 rings (SSSR count). The molecule has 0 aromatic heterocycles. The fraction of sp³-hybridized carbons (Fsp3) is 0.261. The first kappa shape index (κ1) is 23.3. The van der Waals surface area contributed by atoms with Crippen molar-refractivity contribution in [3.05, 3.63) is 40.8 Å². The summed E-state index contributed by atoms with van der Waals surface area (Å²) in [4.78, 5) is 38.9. The molecule has 34 heavy (non-hydrogen) atoms. The summed E-state index contributed by atoms with van der Waals surface area (Å²) in [6.07, 6.45) is 1.52. The Labute approximate surface area is 199 Å². The van der Waals surface area contributed by atoms with Crippen LogP contribution in [0.4, 0.5) is 10.5 Å². The standard InChI is InChI=1S/C23H22N2O8S/c1-29-16-11-18(31-3)17(30-2)8-13(16)9-20-22(27)25(23(28)34-20)12-21(26)24-14-4-5-15-19(10-14)33-7-6-32-15/h4-5,8-11H,6-7,12H2,1-3H3,(H,24,26)/b20-9+. The molecule has 2 aromatic carbocycles. The maximum absolute atomic E-state index is 12.9. The predicted octanol–water partition coefficient (Wildman–Crippen LogP) is 3.16. The van der Waals surface area contributed by atoms with E-state index in [4.69, 9.17) is 23.7 Å². The molecule has 0 radical (unpaired) electrons. The van der Waals surface area contributed by atoms with Gasteiger partial charge in [-0.3, -0.25) is 19.3 Å². The second-order valence-electron chi connectivity index (χ2n) is 7.12. The number of nitrogens with one attached hydrogen (secondary N) is 1. The number of ether oxygens (including phenoxy) is 5. The van der Waals surface area contributed by atoms with Gasteiger partial charge in [0.25, 0.3) is 11.1 Å². The van der Waals surface area contributed by atoms with Crippen LogP contribution in [0.2, 0.25) is 0 Å². The van der Waals surface area contributed by atoms with Crippen LogP contribution < -0.4 is 29.0 Å². The first-order chi connectivity index (χ1) is 16.4. The zero-order valence-corrected chi connectivity index (χ0v) is 19.5. The number of carbonyl (C=O) groups excluding carboxylic acids is 3. The lowest BCUT2D eigenvalue weighted by Crippen LogP contribution is -2.36. The van der Waals surface area contributed by atoms with Crippen molar-refractivity contribution >= 4 is 40.6 Å². The van der Waals surface area contributed by atoms with Crippen LogP contribution >= 0.6 is 11.8 Å². The van der Waals surface area contributed by atoms with E-state index >= 15 is 0 Å². The van der Waals surface area contributed by atoms with Crippen LogP contribution in [0.15, 0.2) is 35.2 Å². The Morgan fingerprint density at radius 3 is 2.38 bits per heavy atom. The van der Waals surface area contributed by atoms with Crippen molar-refractivity contribution in [2.45, 2.75) is 0 Å². The highest BCUT2D eigenvalue weighted by Gasteiger charge is 2.36. The number of methoxy groups -OCH3 is 3. The lowest BCUT2D eigenvalue weighted by molar-refractivity contribution is -0.127. The second kappa shape index (κ2) is 9.96. The molecule has 0 unspecified atom stereocenters. The molecule has 3 amide bonds. The van der Waals surface area contributed by atoms with Crippen LogP contribution in [0.5, 0.6) is 28.7 Å². The predicted molar refractivity (Wildman–Crippen MR) is 125 cm³/mol. The van der Waals surface area contributed by atoms with Crippen molar-refractivity contribution in [1.82, 2.24) is 4.90 Å². The number of nitrogens with zero attached hydrogens (tertiary/aromatic N) is 1. The van der Waals surface area contributed by atoms with Gasteiger partial charge in [-0.05, 0) is 36.0 Å². The van der Waals surface area contributed by atoms with Crippen molar-refractivity contribution in [3.8, 4) is 28.7 Å². The topological polar surface area (TPSA) is 113 Å². The van der Waals surface area contributed by atoms with Gasteiger partial charge < -0.3 is 29.0 Å². The Hall–Kier alpha value is -3.86. The molecule has 1 saturated heterocycles. The molecule has 2 aliphatic rings. The van der Waals surface area contributed by atoms with Crippen LogP contribution in [0.1, 0.15) is 5.56 Å². The van der Waals surface area contributed by atoms with Crippen LogP contribution in [-0.4, -0.2) is 63.0 Å². The van der Waals surface area contributed by atoms with Gasteiger partial charge in [-0.1, -0.05) is 0 Å². The summed E-state index contributed by atoms with van der Waals surface area (Å²) in [6.45, 7) is 0.443. The van der Waals surface area contributed by atoms with E-state index in [-0.39, 0.29) is 4.91 Å². The fourth-order valence-electron chi connectivity index (χ4n) is 3.41. The van der Waals surface area contributed by atoms with Crippen LogP contribution in [0.3, 0.4) is 0 Å². The molecule has 0 bridgehead atoms. The normalized spacial score (nSPS) is 16.0. The summed E-state index contributed by atoms with van der Waals surface area (Å²) in [6, 6.07) is 8.23. The van der Waals surface area contributed by atoms with Crippen LogP contribution in [-0.2, 0) is 9.59 Å². The molecule has 1 fully saturated rings. The van der Waals surface area contributed by atoms with Crippen molar-refractivity contribution < 1.29 is 38.1 Å². The molecule has 178 valence electrons. The van der Waals surface area contributed by atoms with E-state index in [1.165, 1.54) is 27.4 Å². The first-order valence-electron chi connectivity index (χ1n) is 10.2. The highest BCUT2D eigenvalue weighted by atomic mass is 32.2. The second-order valence-corrected chi connectivity index (χ2v) is 8.12. The fourth-order valence-corrected chi connectivity index (χ4v) is 4.24. The summed E-state index contributed by atoms with van der Waals surface area (Å²) in [7, 11) is 4.47. The van der Waals surface area contributed by atoms with Crippen molar-refractivity contribution in [3.63, 3.8) is 0 Å². The van der Waals surface area contributed by atoms with Gasteiger partial charge in [0, 0.05) is 23.4 Å². The number of hydrogen-bond donors (Lipinski definition) is 1. The highest BCUT2D eigenvalue weighted by Crippen LogP contribution is 2.39. The molecule has 2 aromatic rings. The third kappa shape index (κ3) is 4.74. The van der Waals surface area contributed by atoms with Gasteiger partial charge in [0.05, 0.1) is 26.2 Å². The van der Waals surface area contributed by atoms with E-state index in [0.717, 1.165) is 16.7 Å². The van der Waals surface area contributed by atoms with Gasteiger partial charge >= 0.3 is 0 Å². The number of thioether (sulfide) groups is 1. The van der Waals surface area contributed by atoms with E-state index < -0.39 is 23.6 Å². The summed E-state index contributed by atoms with van der Waals surface area (Å²) in [5, 5.41) is 2.12. The molecule has 0 aliphatic carbocycles. The smallest absolute Gasteiger partial charge is 0.294 e. The van der Waals surface area contributed by atoms with Gasteiger partial charge in [0.2, 0.25) is 5.91 Å². The molecule has 0 saturated carbocycles. The van der Waals surface area contributed by atoms with E-state index in [9.17, 15) is 14.4 Å². The summed E-state index contributed by atoms with van der Waals surface area (Å²) < 4.78 is 26.9. The largest absolute Gasteiger partial charge is 0.496 e. The van der Waals surface area contributed by atoms with Gasteiger partial charge in [0.15, 0.2) is 23.0 Å². The molecule has 0 atom stereocenters. The van der Waals surface area contributed by atoms with Gasteiger partial charge in [-0.2, -0.15) is 0 Å². The summed E-state index contributed by atoms with van der Waals surface area (Å²) in [5.41, 5.74) is 0.984. The van der Waals surface area contributed by atoms with E-state index in [0.29, 0.717) is 53.2 Å². The molecule has 2 heterocycles. The average Bonchev–Trinajstić information content (AvgIpc) is 3.10. The molecule has 11 heteroatoms. The highest BCUT2D eigenvalue weighted by molar-refractivity contribution is 8.18. The number of fused-ring (bicyclic) bond motifs is 1. The monoisotopic (exact) mass is 486 g/mol. The van der Waals surface area contributed by atoms with Crippen molar-refractivity contribution in [1.29, 1.82) is 0 Å². The maximum Gasteiger partial charge on any atom is 0.294 e. The summed E-state index contributed by atoms with van der Waals surface area (Å²) >= 11 is 0.741. The lowest BCUT2D eigenvalue weighted by Gasteiger charge is -2.19. The quantitative estimate of drug-likeness (QED) is 0.590. The third-order valence-corrected chi connectivity index (χ3v) is 5.93. The molecule has 1 N–H and O–H groups in total.